The van der Waals surface area contributed by atoms with Crippen molar-refractivity contribution in [3.05, 3.63) is 65.6 Å². The Kier molecular flexibility index (Phi) is 8.46. The van der Waals surface area contributed by atoms with Gasteiger partial charge in [0.05, 0.1) is 41.6 Å². The molecule has 13 heteroatoms. The number of aryl methyl sites for hydroxylation is 1. The van der Waals surface area contributed by atoms with Gasteiger partial charge in [-0.1, -0.05) is 11.3 Å². The third kappa shape index (κ3) is 5.74. The number of aromatic nitrogens is 4. The highest BCUT2D eigenvalue weighted by Crippen LogP contribution is 2.61. The van der Waals surface area contributed by atoms with Crippen LogP contribution in [0.5, 0.6) is 0 Å². The summed E-state index contributed by atoms with van der Waals surface area (Å²) in [5.41, 5.74) is 0.362. The van der Waals surface area contributed by atoms with Gasteiger partial charge in [0.2, 0.25) is 5.92 Å². The van der Waals surface area contributed by atoms with Crippen LogP contribution in [0.25, 0.3) is 11.3 Å². The van der Waals surface area contributed by atoms with E-state index in [0.29, 0.717) is 11.4 Å². The Labute approximate surface area is 237 Å². The second kappa shape index (κ2) is 11.6. The molecule has 41 heavy (non-hydrogen) atoms. The number of methoxy groups -OCH3 is 1. The van der Waals surface area contributed by atoms with Crippen molar-refractivity contribution in [1.29, 1.82) is 0 Å². The number of thiol groups is 1. The molecule has 6 atom stereocenters. The lowest BCUT2D eigenvalue weighted by molar-refractivity contribution is -0.105. The number of halogens is 4. The monoisotopic (exact) mass is 598 g/mol. The molecule has 0 amide bonds. The highest BCUT2D eigenvalue weighted by Gasteiger charge is 2.54. The minimum atomic E-state index is -2.87. The normalized spacial score (nSPS) is 29.2. The van der Waals surface area contributed by atoms with Gasteiger partial charge in [-0.2, -0.15) is 0 Å². The molecule has 3 aromatic rings. The van der Waals surface area contributed by atoms with Crippen LogP contribution in [0, 0.1) is 18.6 Å². The fourth-order valence-corrected chi connectivity index (χ4v) is 10.1. The van der Waals surface area contributed by atoms with Gasteiger partial charge >= 0.3 is 0 Å². The van der Waals surface area contributed by atoms with Gasteiger partial charge in [-0.3, -0.25) is 4.98 Å². The fourth-order valence-electron chi connectivity index (χ4n) is 6.18. The second-order valence-electron chi connectivity index (χ2n) is 11.0. The van der Waals surface area contributed by atoms with Crippen LogP contribution in [0.4, 0.5) is 17.6 Å². The highest BCUT2D eigenvalue weighted by molar-refractivity contribution is 8.18. The molecule has 2 fully saturated rings. The van der Waals surface area contributed by atoms with E-state index in [0.717, 1.165) is 17.7 Å². The maximum Gasteiger partial charge on any atom is 0.248 e. The summed E-state index contributed by atoms with van der Waals surface area (Å²) < 4.78 is 62.9. The van der Waals surface area contributed by atoms with Gasteiger partial charge in [-0.05, 0) is 49.6 Å². The number of aliphatic hydroxyl groups is 3. The molecule has 0 bridgehead atoms. The molecule has 1 aromatic carbocycles. The van der Waals surface area contributed by atoms with Crippen LogP contribution in [0.3, 0.4) is 0 Å². The Balaban J connectivity index is 1.51. The van der Waals surface area contributed by atoms with E-state index in [1.807, 2.05) is 13.0 Å². The lowest BCUT2D eigenvalue weighted by atomic mass is 9.79. The molecule has 1 aliphatic heterocycles. The van der Waals surface area contributed by atoms with E-state index in [4.69, 9.17) is 4.74 Å². The minimum absolute atomic E-state index is 0.143. The van der Waals surface area contributed by atoms with Crippen molar-refractivity contribution in [3.63, 3.8) is 0 Å². The topological polar surface area (TPSA) is 114 Å². The van der Waals surface area contributed by atoms with E-state index < -0.39 is 82.3 Å². The van der Waals surface area contributed by atoms with Crippen LogP contribution in [0.1, 0.15) is 48.2 Å². The molecule has 1 saturated carbocycles. The number of aliphatic hydroxyl groups excluding tert-OH is 2. The molecule has 3 heterocycles. The van der Waals surface area contributed by atoms with Crippen molar-refractivity contribution in [2.45, 2.75) is 72.9 Å². The Hall–Kier alpha value is -2.58. The third-order valence-electron chi connectivity index (χ3n) is 8.46. The number of alkyl halides is 2. The molecule has 224 valence electrons. The summed E-state index contributed by atoms with van der Waals surface area (Å²) in [4.78, 5) is 4.56. The van der Waals surface area contributed by atoms with Crippen LogP contribution >= 0.6 is 10.9 Å². The molecule has 8 nitrogen and oxygen atoms in total. The first-order chi connectivity index (χ1) is 19.5. The molecule has 1 saturated heterocycles. The third-order valence-corrected chi connectivity index (χ3v) is 12.0. The molecule has 0 spiro atoms. The second-order valence-corrected chi connectivity index (χ2v) is 13.6. The summed E-state index contributed by atoms with van der Waals surface area (Å²) >= 11 is 0. The Bertz CT molecular complexity index is 1370. The molecule has 0 radical (unpaired) electrons. The van der Waals surface area contributed by atoms with Gasteiger partial charge in [-0.25, -0.2) is 33.1 Å². The maximum absolute atomic E-state index is 14.2. The quantitative estimate of drug-likeness (QED) is 0.241. The van der Waals surface area contributed by atoms with E-state index in [-0.39, 0.29) is 24.1 Å². The van der Waals surface area contributed by atoms with Crippen molar-refractivity contribution < 1.29 is 37.6 Å². The largest absolute Gasteiger partial charge is 0.395 e. The Morgan fingerprint density at radius 1 is 1.15 bits per heavy atom. The zero-order chi connectivity index (χ0) is 29.5. The highest BCUT2D eigenvalue weighted by atomic mass is 32.2. The average molecular weight is 599 g/mol. The number of rotatable bonds is 7. The first-order valence-corrected chi connectivity index (χ1v) is 15.1. The van der Waals surface area contributed by atoms with E-state index in [1.165, 1.54) is 24.1 Å². The predicted octanol–water partition coefficient (Wildman–Crippen LogP) is 3.90. The zero-order valence-corrected chi connectivity index (χ0v) is 23.6. The summed E-state index contributed by atoms with van der Waals surface area (Å²) in [6, 6.07) is 6.13. The standard InChI is InChI=1S/C28H34F4N4O4S/c1-16-4-3-11-33-23(16)26(27(39)7-9-28(31,32)10-8-27)41-15-21(40-2)24(25(38)22(41)14-37)36-13-20(34-35-36)17-5-6-18(29)19(30)12-17/h3-6,11-13,21-22,24-26,37-39,41H,7-10,14-15H2,1-2H3/t21-,22+,24+,25-,26-/m0/s1. The number of nitrogens with zero attached hydrogens (tertiary/aromatic N) is 4. The summed E-state index contributed by atoms with van der Waals surface area (Å²) in [7, 11) is -0.00169. The van der Waals surface area contributed by atoms with Crippen LogP contribution in [-0.2, 0) is 4.74 Å². The van der Waals surface area contributed by atoms with Gasteiger partial charge < -0.3 is 20.1 Å². The summed E-state index contributed by atoms with van der Waals surface area (Å²) in [5.74, 6) is -4.60. The number of pyridine rings is 1. The molecule has 2 aromatic heterocycles. The number of hydrogen-bond acceptors (Lipinski definition) is 7. The predicted molar refractivity (Wildman–Crippen MR) is 146 cm³/mol. The number of ether oxygens (including phenoxy) is 1. The van der Waals surface area contributed by atoms with Crippen molar-refractivity contribution in [2.75, 3.05) is 19.5 Å². The van der Waals surface area contributed by atoms with E-state index in [2.05, 4.69) is 15.3 Å². The first-order valence-electron chi connectivity index (χ1n) is 13.4. The van der Waals surface area contributed by atoms with Gasteiger partial charge in [0, 0.05) is 42.7 Å². The van der Waals surface area contributed by atoms with E-state index >= 15 is 0 Å². The van der Waals surface area contributed by atoms with Gasteiger partial charge in [0.1, 0.15) is 11.7 Å². The summed E-state index contributed by atoms with van der Waals surface area (Å²) in [6.07, 6.45) is -0.0158. The minimum Gasteiger partial charge on any atom is -0.395 e. The van der Waals surface area contributed by atoms with Gasteiger partial charge in [0.25, 0.3) is 0 Å². The van der Waals surface area contributed by atoms with Crippen molar-refractivity contribution in [2.24, 2.45) is 0 Å². The van der Waals surface area contributed by atoms with Crippen molar-refractivity contribution >= 4 is 10.9 Å². The van der Waals surface area contributed by atoms with Gasteiger partial charge in [0.15, 0.2) is 11.6 Å². The van der Waals surface area contributed by atoms with Gasteiger partial charge in [-0.15, -0.1) is 5.10 Å². The van der Waals surface area contributed by atoms with Crippen LogP contribution in [0.15, 0.2) is 42.7 Å². The molecular weight excluding hydrogens is 564 g/mol. The Morgan fingerprint density at radius 2 is 1.88 bits per heavy atom. The average Bonchev–Trinajstić information content (AvgIpc) is 3.43. The van der Waals surface area contributed by atoms with E-state index in [1.54, 1.807) is 12.3 Å². The van der Waals surface area contributed by atoms with E-state index in [9.17, 15) is 32.9 Å². The first kappa shape index (κ1) is 29.9. The zero-order valence-electron chi connectivity index (χ0n) is 22.7. The SMILES string of the molecule is CO[C@H]1C[SH]([C@@H](c2ncccc2C)C2(O)CCC(F)(F)CC2)[C@H](CO)[C@H](O)[C@@H]1n1cc(-c2ccc(F)c(F)c2)nn1. The fraction of sp³-hybridized carbons (Fsp3) is 0.536. The lowest BCUT2D eigenvalue weighted by Crippen LogP contribution is -2.54. The summed E-state index contributed by atoms with van der Waals surface area (Å²) in [6.45, 7) is 1.41. The maximum atomic E-state index is 14.2. The summed E-state index contributed by atoms with van der Waals surface area (Å²) in [5, 5.41) is 41.0. The van der Waals surface area contributed by atoms with Crippen molar-refractivity contribution in [3.8, 4) is 11.3 Å². The van der Waals surface area contributed by atoms with Crippen LogP contribution < -0.4 is 0 Å². The smallest absolute Gasteiger partial charge is 0.248 e. The van der Waals surface area contributed by atoms with Crippen LogP contribution in [-0.4, -0.2) is 83.7 Å². The molecule has 1 unspecified atom stereocenters. The molecular formula is C28H34F4N4O4S. The van der Waals surface area contributed by atoms with Crippen LogP contribution in [0.2, 0.25) is 0 Å². The van der Waals surface area contributed by atoms with Crippen molar-refractivity contribution in [1.82, 2.24) is 20.0 Å². The molecule has 5 rings (SSSR count). The lowest BCUT2D eigenvalue weighted by Gasteiger charge is -2.53. The molecule has 1 aliphatic carbocycles. The molecule has 3 N–H and O–H groups in total. The number of hydrogen-bond donors (Lipinski definition) is 4. The number of benzene rings is 1. The Morgan fingerprint density at radius 3 is 2.51 bits per heavy atom. The molecule has 2 aliphatic rings.